The van der Waals surface area contributed by atoms with Crippen LogP contribution in [0.5, 0.6) is 0 Å². The molecule has 2 unspecified atom stereocenters. The van der Waals surface area contributed by atoms with E-state index in [-0.39, 0.29) is 0 Å². The van der Waals surface area contributed by atoms with Gasteiger partial charge in [0.25, 0.3) is 0 Å². The molecule has 0 N–H and O–H groups in total. The first-order valence-electron chi connectivity index (χ1n) is 6.37. The molecule has 0 radical (unpaired) electrons. The van der Waals surface area contributed by atoms with Crippen molar-refractivity contribution in [3.05, 3.63) is 0 Å². The van der Waals surface area contributed by atoms with E-state index in [0.29, 0.717) is 11.5 Å². The van der Waals surface area contributed by atoms with Crippen LogP contribution in [0, 0.1) is 5.92 Å². The molecule has 0 aromatic carbocycles. The lowest BCUT2D eigenvalue weighted by Crippen LogP contribution is -2.44. The highest BCUT2D eigenvalue weighted by atomic mass is 28.4. The fraction of sp³-hybridized carbons (Fsp3) is 1.00. The van der Waals surface area contributed by atoms with Crippen molar-refractivity contribution >= 4 is 17.6 Å². The number of hydrogen-bond acceptors (Lipinski definition) is 6. The average Bonchev–Trinajstić information content (AvgIpc) is 3.24. The lowest BCUT2D eigenvalue weighted by molar-refractivity contribution is 0.117. The largest absolute Gasteiger partial charge is 0.503 e. The smallest absolute Gasteiger partial charge is 0.377 e. The van der Waals surface area contributed by atoms with Crippen LogP contribution in [-0.4, -0.2) is 60.3 Å². The maximum atomic E-state index is 5.51. The van der Waals surface area contributed by atoms with Crippen molar-refractivity contribution in [3.8, 4) is 0 Å². The summed E-state index contributed by atoms with van der Waals surface area (Å²) in [6.07, 6.45) is 2.06. The highest BCUT2D eigenvalue weighted by molar-refractivity contribution is 6.63. The second-order valence-corrected chi connectivity index (χ2v) is 10.9. The van der Waals surface area contributed by atoms with E-state index < -0.39 is 17.6 Å². The molecule has 0 amide bonds. The van der Waals surface area contributed by atoms with Gasteiger partial charge in [0, 0.05) is 54.2 Å². The summed E-state index contributed by atoms with van der Waals surface area (Å²) in [6.45, 7) is 0. The minimum atomic E-state index is -2.48. The molecule has 19 heavy (non-hydrogen) atoms. The van der Waals surface area contributed by atoms with Gasteiger partial charge in [0.2, 0.25) is 0 Å². The first-order valence-corrected chi connectivity index (χ1v) is 10.1. The number of rotatable bonds is 10. The minimum absolute atomic E-state index is 0.379. The molecule has 114 valence electrons. The topological polar surface area (TPSA) is 55.4 Å². The van der Waals surface area contributed by atoms with E-state index >= 15 is 0 Å². The Hall–Kier alpha value is 0.194. The van der Waals surface area contributed by atoms with Crippen LogP contribution in [0.15, 0.2) is 0 Å². The molecule has 1 fully saturated rings. The molecule has 1 rings (SSSR count). The molecule has 6 nitrogen and oxygen atoms in total. The van der Waals surface area contributed by atoms with Crippen LogP contribution in [-0.2, 0) is 26.6 Å². The van der Waals surface area contributed by atoms with Gasteiger partial charge in [-0.1, -0.05) is 0 Å². The summed E-state index contributed by atoms with van der Waals surface area (Å²) < 4.78 is 32.8. The van der Waals surface area contributed by atoms with Gasteiger partial charge in [0.1, 0.15) is 0 Å². The van der Waals surface area contributed by atoms with E-state index in [4.69, 9.17) is 26.6 Å². The van der Waals surface area contributed by atoms with Crippen LogP contribution >= 0.6 is 0 Å². The molecular weight excluding hydrogens is 284 g/mol. The Morgan fingerprint density at radius 3 is 1.63 bits per heavy atom. The van der Waals surface area contributed by atoms with Gasteiger partial charge in [-0.25, -0.2) is 0 Å². The summed E-state index contributed by atoms with van der Waals surface area (Å²) in [4.78, 5) is 0. The van der Waals surface area contributed by atoms with Crippen LogP contribution < -0.4 is 0 Å². The van der Waals surface area contributed by atoms with Crippen LogP contribution in [0.4, 0.5) is 0 Å². The van der Waals surface area contributed by atoms with Crippen molar-refractivity contribution in [1.29, 1.82) is 0 Å². The third-order valence-corrected chi connectivity index (χ3v) is 10.1. The molecule has 1 aliphatic carbocycles. The summed E-state index contributed by atoms with van der Waals surface area (Å²) in [5, 5.41) is 0. The summed E-state index contributed by atoms with van der Waals surface area (Å²) in [6, 6.07) is 0.805. The van der Waals surface area contributed by atoms with E-state index in [1.807, 2.05) is 0 Å². The molecule has 0 aromatic rings. The fourth-order valence-electron chi connectivity index (χ4n) is 2.62. The Morgan fingerprint density at radius 2 is 1.26 bits per heavy atom. The first-order chi connectivity index (χ1) is 9.06. The third kappa shape index (κ3) is 3.64. The van der Waals surface area contributed by atoms with Gasteiger partial charge in [-0.3, -0.25) is 0 Å². The highest BCUT2D eigenvalue weighted by Gasteiger charge is 2.60. The predicted octanol–water partition coefficient (Wildman–Crippen LogP) is 1.52. The van der Waals surface area contributed by atoms with Crippen molar-refractivity contribution in [2.45, 2.75) is 24.4 Å². The van der Waals surface area contributed by atoms with Crippen molar-refractivity contribution in [2.75, 3.05) is 42.7 Å². The van der Waals surface area contributed by atoms with Gasteiger partial charge >= 0.3 is 17.6 Å². The van der Waals surface area contributed by atoms with Crippen molar-refractivity contribution in [2.24, 2.45) is 5.92 Å². The van der Waals surface area contributed by atoms with Gasteiger partial charge in [0.15, 0.2) is 0 Å². The molecule has 1 aliphatic rings. The zero-order chi connectivity index (χ0) is 14.5. The lowest BCUT2D eigenvalue weighted by atomic mass is 10.3. The predicted molar refractivity (Wildman–Crippen MR) is 74.8 cm³/mol. The first kappa shape index (κ1) is 17.2. The summed E-state index contributed by atoms with van der Waals surface area (Å²) in [7, 11) is 4.96. The second-order valence-electron chi connectivity index (χ2n) is 4.65. The van der Waals surface area contributed by atoms with Crippen LogP contribution in [0.25, 0.3) is 0 Å². The van der Waals surface area contributed by atoms with Crippen LogP contribution in [0.1, 0.15) is 12.8 Å². The van der Waals surface area contributed by atoms with Crippen molar-refractivity contribution in [1.82, 2.24) is 0 Å². The van der Waals surface area contributed by atoms with E-state index in [1.54, 1.807) is 42.7 Å². The fourth-order valence-corrected chi connectivity index (χ4v) is 7.20. The Labute approximate surface area is 118 Å². The van der Waals surface area contributed by atoms with Gasteiger partial charge < -0.3 is 26.6 Å². The molecule has 0 bridgehead atoms. The van der Waals surface area contributed by atoms with E-state index in [1.165, 1.54) is 0 Å². The molecule has 0 aromatic heterocycles. The average molecular weight is 310 g/mol. The Balaban J connectivity index is 2.50. The SMILES string of the molecule is CO[Si](CCC1CC1[Si](OC)(OC)OC)(OC)OC. The minimum Gasteiger partial charge on any atom is -0.377 e. The summed E-state index contributed by atoms with van der Waals surface area (Å²) in [5.74, 6) is 0.541. The molecule has 1 saturated carbocycles. The normalized spacial score (nSPS) is 23.7. The second kappa shape index (κ2) is 7.27. The van der Waals surface area contributed by atoms with Crippen LogP contribution in [0.2, 0.25) is 11.6 Å². The van der Waals surface area contributed by atoms with Gasteiger partial charge in [-0.15, -0.1) is 0 Å². The van der Waals surface area contributed by atoms with Gasteiger partial charge in [-0.05, 0) is 18.8 Å². The quantitative estimate of drug-likeness (QED) is 0.570. The van der Waals surface area contributed by atoms with E-state index in [0.717, 1.165) is 18.9 Å². The summed E-state index contributed by atoms with van der Waals surface area (Å²) >= 11 is 0. The molecule has 2 atom stereocenters. The molecule has 0 spiro atoms. The van der Waals surface area contributed by atoms with E-state index in [2.05, 4.69) is 0 Å². The van der Waals surface area contributed by atoms with Crippen LogP contribution in [0.3, 0.4) is 0 Å². The molecule has 0 saturated heterocycles. The molecule has 0 heterocycles. The third-order valence-electron chi connectivity index (χ3n) is 3.98. The van der Waals surface area contributed by atoms with Crippen molar-refractivity contribution < 1.29 is 26.6 Å². The van der Waals surface area contributed by atoms with Crippen molar-refractivity contribution in [3.63, 3.8) is 0 Å². The van der Waals surface area contributed by atoms with Gasteiger partial charge in [-0.2, -0.15) is 0 Å². The molecule has 8 heteroatoms. The Kier molecular flexibility index (Phi) is 6.60. The molecular formula is C11H26O6Si2. The van der Waals surface area contributed by atoms with Gasteiger partial charge in [0.05, 0.1) is 0 Å². The lowest BCUT2D eigenvalue weighted by Gasteiger charge is -2.26. The molecule has 0 aliphatic heterocycles. The Bertz CT molecular complexity index is 253. The zero-order valence-electron chi connectivity index (χ0n) is 12.7. The zero-order valence-corrected chi connectivity index (χ0v) is 14.7. The number of hydrogen-bond donors (Lipinski definition) is 0. The highest BCUT2D eigenvalue weighted by Crippen LogP contribution is 2.55. The maximum Gasteiger partial charge on any atom is 0.503 e. The monoisotopic (exact) mass is 310 g/mol. The maximum absolute atomic E-state index is 5.51. The van der Waals surface area contributed by atoms with E-state index in [9.17, 15) is 0 Å². The summed E-state index contributed by atoms with van der Waals surface area (Å²) in [5.41, 5.74) is 0.379. The standard InChI is InChI=1S/C11H26O6Si2/c1-12-18(13-2,14-3)8-7-10-9-11(10)19(15-4,16-5)17-6/h10-11H,7-9H2,1-6H3. The Morgan fingerprint density at radius 1 is 0.789 bits per heavy atom.